The molecule has 2 aromatic rings. The Kier molecular flexibility index (Phi) is 6.06. The van der Waals surface area contributed by atoms with Gasteiger partial charge < -0.3 is 15.5 Å². The summed E-state index contributed by atoms with van der Waals surface area (Å²) in [6, 6.07) is 12.1. The molecule has 0 saturated carbocycles. The molecule has 1 aromatic carbocycles. The van der Waals surface area contributed by atoms with Crippen LogP contribution in [-0.4, -0.2) is 37.4 Å². The Morgan fingerprint density at radius 2 is 2.12 bits per heavy atom. The number of carbonyl (C=O) groups excluding carboxylic acids is 2. The van der Waals surface area contributed by atoms with Gasteiger partial charge in [-0.05, 0) is 50.0 Å². The number of anilines is 1. The summed E-state index contributed by atoms with van der Waals surface area (Å²) < 4.78 is 0. The molecule has 2 unspecified atom stereocenters. The van der Waals surface area contributed by atoms with Gasteiger partial charge >= 0.3 is 0 Å². The number of carbonyl (C=O) groups is 2. The number of benzene rings is 1. The SMILES string of the molecule is CN(C)C(CNC(=O)CCC1Cc2ccccc2NC1=O)c1cccs1. The van der Waals surface area contributed by atoms with Crippen LogP contribution in [0.15, 0.2) is 41.8 Å². The summed E-state index contributed by atoms with van der Waals surface area (Å²) in [6.07, 6.45) is 1.63. The number of para-hydroxylation sites is 1. The highest BCUT2D eigenvalue weighted by molar-refractivity contribution is 7.10. The van der Waals surface area contributed by atoms with Crippen molar-refractivity contribution >= 4 is 28.8 Å². The van der Waals surface area contributed by atoms with E-state index < -0.39 is 0 Å². The van der Waals surface area contributed by atoms with Gasteiger partial charge in [0.15, 0.2) is 0 Å². The monoisotopic (exact) mass is 371 g/mol. The average Bonchev–Trinajstić information content (AvgIpc) is 3.14. The summed E-state index contributed by atoms with van der Waals surface area (Å²) in [6.45, 7) is 0.575. The van der Waals surface area contributed by atoms with Crippen LogP contribution in [-0.2, 0) is 16.0 Å². The molecule has 0 fully saturated rings. The van der Waals surface area contributed by atoms with Crippen LogP contribution in [0.5, 0.6) is 0 Å². The molecule has 0 radical (unpaired) electrons. The van der Waals surface area contributed by atoms with Crippen molar-refractivity contribution in [1.82, 2.24) is 10.2 Å². The maximum absolute atomic E-state index is 12.3. The average molecular weight is 372 g/mol. The van der Waals surface area contributed by atoms with Crippen LogP contribution >= 0.6 is 11.3 Å². The molecule has 26 heavy (non-hydrogen) atoms. The van der Waals surface area contributed by atoms with E-state index in [2.05, 4.69) is 21.6 Å². The van der Waals surface area contributed by atoms with Crippen LogP contribution in [0.4, 0.5) is 5.69 Å². The van der Waals surface area contributed by atoms with E-state index >= 15 is 0 Å². The number of nitrogens with one attached hydrogen (secondary N) is 2. The summed E-state index contributed by atoms with van der Waals surface area (Å²) in [5.41, 5.74) is 2.03. The van der Waals surface area contributed by atoms with Gasteiger partial charge in [-0.1, -0.05) is 24.3 Å². The van der Waals surface area contributed by atoms with E-state index in [1.165, 1.54) is 4.88 Å². The summed E-state index contributed by atoms with van der Waals surface area (Å²) in [4.78, 5) is 27.9. The Morgan fingerprint density at radius 3 is 2.85 bits per heavy atom. The highest BCUT2D eigenvalue weighted by Crippen LogP contribution is 2.27. The van der Waals surface area contributed by atoms with E-state index in [9.17, 15) is 9.59 Å². The number of fused-ring (bicyclic) bond motifs is 1. The van der Waals surface area contributed by atoms with E-state index in [1.54, 1.807) is 11.3 Å². The number of nitrogens with zero attached hydrogens (tertiary/aromatic N) is 1. The lowest BCUT2D eigenvalue weighted by atomic mass is 9.89. The number of amides is 2. The second-order valence-electron chi connectivity index (χ2n) is 6.89. The van der Waals surface area contributed by atoms with Gasteiger partial charge in [0.25, 0.3) is 0 Å². The third-order valence-electron chi connectivity index (χ3n) is 4.82. The molecule has 1 aliphatic rings. The molecule has 1 aliphatic heterocycles. The number of hydrogen-bond donors (Lipinski definition) is 2. The van der Waals surface area contributed by atoms with Crippen LogP contribution in [0.3, 0.4) is 0 Å². The van der Waals surface area contributed by atoms with Crippen LogP contribution in [0.2, 0.25) is 0 Å². The van der Waals surface area contributed by atoms with E-state index in [1.807, 2.05) is 49.8 Å². The van der Waals surface area contributed by atoms with Crippen molar-refractivity contribution in [3.05, 3.63) is 52.2 Å². The molecule has 2 amide bonds. The minimum absolute atomic E-state index is 0.0000599. The summed E-state index contributed by atoms with van der Waals surface area (Å²) in [7, 11) is 4.03. The minimum atomic E-state index is -0.141. The molecule has 2 heterocycles. The van der Waals surface area contributed by atoms with Gasteiger partial charge in [0.05, 0.1) is 6.04 Å². The second kappa shape index (κ2) is 8.47. The predicted octanol–water partition coefficient (Wildman–Crippen LogP) is 3.06. The number of hydrogen-bond acceptors (Lipinski definition) is 4. The van der Waals surface area contributed by atoms with Crippen molar-refractivity contribution in [2.45, 2.75) is 25.3 Å². The summed E-state index contributed by atoms with van der Waals surface area (Å²) in [5.74, 6) is -0.126. The third kappa shape index (κ3) is 4.51. The van der Waals surface area contributed by atoms with Crippen molar-refractivity contribution in [3.8, 4) is 0 Å². The largest absolute Gasteiger partial charge is 0.354 e. The van der Waals surface area contributed by atoms with Crippen molar-refractivity contribution < 1.29 is 9.59 Å². The zero-order valence-electron chi connectivity index (χ0n) is 15.2. The molecular weight excluding hydrogens is 346 g/mol. The Labute approximate surface area is 158 Å². The number of rotatable bonds is 7. The fraction of sp³-hybridized carbons (Fsp3) is 0.400. The Balaban J connectivity index is 1.49. The van der Waals surface area contributed by atoms with Crippen molar-refractivity contribution in [3.63, 3.8) is 0 Å². The maximum Gasteiger partial charge on any atom is 0.227 e. The molecule has 3 rings (SSSR count). The Morgan fingerprint density at radius 1 is 1.31 bits per heavy atom. The molecule has 6 heteroatoms. The maximum atomic E-state index is 12.3. The molecular formula is C20H25N3O2S. The lowest BCUT2D eigenvalue weighted by Gasteiger charge is -2.25. The van der Waals surface area contributed by atoms with E-state index in [-0.39, 0.29) is 23.8 Å². The first-order valence-electron chi connectivity index (χ1n) is 8.90. The smallest absolute Gasteiger partial charge is 0.227 e. The van der Waals surface area contributed by atoms with E-state index in [0.717, 1.165) is 11.3 Å². The predicted molar refractivity (Wildman–Crippen MR) is 105 cm³/mol. The zero-order chi connectivity index (χ0) is 18.5. The highest BCUT2D eigenvalue weighted by atomic mass is 32.1. The standard InChI is InChI=1S/C20H25N3O2S/c1-23(2)17(18-8-5-11-26-18)13-21-19(24)10-9-15-12-14-6-3-4-7-16(14)22-20(15)25/h3-8,11,15,17H,9-10,12-13H2,1-2H3,(H,21,24)(H,22,25). The Hall–Kier alpha value is -2.18. The third-order valence-corrected chi connectivity index (χ3v) is 5.79. The van der Waals surface area contributed by atoms with Crippen molar-refractivity contribution in [2.75, 3.05) is 26.0 Å². The molecule has 0 aliphatic carbocycles. The van der Waals surface area contributed by atoms with Gasteiger partial charge in [0.2, 0.25) is 11.8 Å². The van der Waals surface area contributed by atoms with Gasteiger partial charge in [0, 0.05) is 29.4 Å². The normalized spacial score (nSPS) is 17.5. The molecule has 1 aromatic heterocycles. The van der Waals surface area contributed by atoms with Gasteiger partial charge in [-0.25, -0.2) is 0 Å². The molecule has 5 nitrogen and oxygen atoms in total. The topological polar surface area (TPSA) is 61.4 Å². The fourth-order valence-corrected chi connectivity index (χ4v) is 4.19. The van der Waals surface area contributed by atoms with Crippen LogP contribution < -0.4 is 10.6 Å². The second-order valence-corrected chi connectivity index (χ2v) is 7.86. The van der Waals surface area contributed by atoms with Crippen molar-refractivity contribution in [1.29, 1.82) is 0 Å². The lowest BCUT2D eigenvalue weighted by Crippen LogP contribution is -2.35. The summed E-state index contributed by atoms with van der Waals surface area (Å²) >= 11 is 1.69. The molecule has 0 saturated heterocycles. The summed E-state index contributed by atoms with van der Waals surface area (Å²) in [5, 5.41) is 8.01. The molecule has 0 spiro atoms. The Bertz CT molecular complexity index is 758. The molecule has 0 bridgehead atoms. The van der Waals surface area contributed by atoms with Gasteiger partial charge in [-0.2, -0.15) is 0 Å². The van der Waals surface area contributed by atoms with Crippen LogP contribution in [0.25, 0.3) is 0 Å². The first-order valence-corrected chi connectivity index (χ1v) is 9.78. The van der Waals surface area contributed by atoms with Crippen molar-refractivity contribution in [2.24, 2.45) is 5.92 Å². The van der Waals surface area contributed by atoms with Gasteiger partial charge in [-0.3, -0.25) is 9.59 Å². The molecule has 2 N–H and O–H groups in total. The highest BCUT2D eigenvalue weighted by Gasteiger charge is 2.26. The van der Waals surface area contributed by atoms with Crippen LogP contribution in [0, 0.1) is 5.92 Å². The number of likely N-dealkylation sites (N-methyl/N-ethyl adjacent to an activating group) is 1. The fourth-order valence-electron chi connectivity index (χ4n) is 3.27. The van der Waals surface area contributed by atoms with Gasteiger partial charge in [-0.15, -0.1) is 11.3 Å². The molecule has 2 atom stereocenters. The van der Waals surface area contributed by atoms with Gasteiger partial charge in [0.1, 0.15) is 0 Å². The van der Waals surface area contributed by atoms with E-state index in [4.69, 9.17) is 0 Å². The quantitative estimate of drug-likeness (QED) is 0.786. The minimum Gasteiger partial charge on any atom is -0.354 e. The number of thiophene rings is 1. The first-order chi connectivity index (χ1) is 12.5. The zero-order valence-corrected chi connectivity index (χ0v) is 16.0. The lowest BCUT2D eigenvalue weighted by molar-refractivity contribution is -0.123. The molecule has 138 valence electrons. The van der Waals surface area contributed by atoms with Crippen LogP contribution in [0.1, 0.15) is 29.3 Å². The first kappa shape index (κ1) is 18.6. The van der Waals surface area contributed by atoms with E-state index in [0.29, 0.717) is 25.8 Å².